The topological polar surface area (TPSA) is 134 Å². The van der Waals surface area contributed by atoms with E-state index in [1.54, 1.807) is 0 Å². The Balaban J connectivity index is 4.03. The summed E-state index contributed by atoms with van der Waals surface area (Å²) in [4.78, 5) is 34.7. The summed E-state index contributed by atoms with van der Waals surface area (Å²) >= 11 is 0. The number of ether oxygens (including phenoxy) is 2. The molecule has 0 bridgehead atoms. The SMILES string of the molecule is CCCCCCCCCCCCCCCCCCCCCC(=O)OC[C@H](COP(=O)(O)OCCN)OC(=O)CCCCCCCCCCC. The van der Waals surface area contributed by atoms with E-state index >= 15 is 0 Å². The number of phosphoric acid groups is 1. The van der Waals surface area contributed by atoms with Gasteiger partial charge in [0, 0.05) is 19.4 Å². The highest BCUT2D eigenvalue weighted by atomic mass is 31.2. The Morgan fingerprint density at radius 1 is 0.531 bits per heavy atom. The molecular formula is C39H78NO8P. The maximum absolute atomic E-state index is 12.5. The molecular weight excluding hydrogens is 641 g/mol. The molecule has 9 nitrogen and oxygen atoms in total. The van der Waals surface area contributed by atoms with Gasteiger partial charge in [0.25, 0.3) is 0 Å². The fraction of sp³-hybridized carbons (Fsp3) is 0.949. The highest BCUT2D eigenvalue weighted by Crippen LogP contribution is 2.43. The summed E-state index contributed by atoms with van der Waals surface area (Å²) in [6.07, 6.45) is 34.3. The summed E-state index contributed by atoms with van der Waals surface area (Å²) < 4.78 is 32.6. The molecule has 3 N–H and O–H groups in total. The summed E-state index contributed by atoms with van der Waals surface area (Å²) in [7, 11) is -4.36. The lowest BCUT2D eigenvalue weighted by atomic mass is 10.0. The van der Waals surface area contributed by atoms with Crippen LogP contribution in [0.4, 0.5) is 0 Å². The first kappa shape index (κ1) is 48.0. The highest BCUT2D eigenvalue weighted by molar-refractivity contribution is 7.47. The zero-order valence-corrected chi connectivity index (χ0v) is 32.8. The standard InChI is InChI=1S/C39H78NO8P/c1-3-5-7-9-11-13-14-15-16-17-18-19-20-21-22-24-25-27-29-31-38(41)45-35-37(36-47-49(43,44)46-34-33-40)48-39(42)32-30-28-26-23-12-10-8-6-4-2/h37H,3-36,40H2,1-2H3,(H,43,44)/t37-/m1/s1. The molecule has 0 saturated carbocycles. The molecule has 292 valence electrons. The lowest BCUT2D eigenvalue weighted by Crippen LogP contribution is -2.29. The molecule has 0 aromatic heterocycles. The molecule has 0 rings (SSSR count). The van der Waals surface area contributed by atoms with E-state index in [4.69, 9.17) is 24.3 Å². The van der Waals surface area contributed by atoms with Gasteiger partial charge in [-0.05, 0) is 12.8 Å². The van der Waals surface area contributed by atoms with Crippen molar-refractivity contribution < 1.29 is 37.6 Å². The lowest BCUT2D eigenvalue weighted by molar-refractivity contribution is -0.161. The molecule has 0 aromatic rings. The number of rotatable bonds is 39. The van der Waals surface area contributed by atoms with Gasteiger partial charge in [0.2, 0.25) is 0 Å². The van der Waals surface area contributed by atoms with Gasteiger partial charge in [0.15, 0.2) is 6.10 Å². The number of phosphoric ester groups is 1. The zero-order valence-electron chi connectivity index (χ0n) is 31.9. The predicted octanol–water partition coefficient (Wildman–Crippen LogP) is 11.3. The molecule has 0 aliphatic heterocycles. The first-order chi connectivity index (χ1) is 23.8. The Labute approximate surface area is 301 Å². The van der Waals surface area contributed by atoms with E-state index < -0.39 is 26.5 Å². The van der Waals surface area contributed by atoms with Crippen molar-refractivity contribution >= 4 is 19.8 Å². The Hall–Kier alpha value is -0.990. The fourth-order valence-corrected chi connectivity index (χ4v) is 6.69. The fourth-order valence-electron chi connectivity index (χ4n) is 5.93. The van der Waals surface area contributed by atoms with Crippen molar-refractivity contribution in [3.8, 4) is 0 Å². The van der Waals surface area contributed by atoms with Gasteiger partial charge in [-0.1, -0.05) is 181 Å². The number of carbonyl (C=O) groups excluding carboxylic acids is 2. The van der Waals surface area contributed by atoms with Gasteiger partial charge in [-0.15, -0.1) is 0 Å². The quantitative estimate of drug-likeness (QED) is 0.0361. The van der Waals surface area contributed by atoms with E-state index in [-0.39, 0.29) is 38.6 Å². The smallest absolute Gasteiger partial charge is 0.462 e. The number of carbonyl (C=O) groups is 2. The van der Waals surface area contributed by atoms with Crippen molar-refractivity contribution in [2.24, 2.45) is 5.73 Å². The van der Waals surface area contributed by atoms with E-state index in [2.05, 4.69) is 13.8 Å². The largest absolute Gasteiger partial charge is 0.472 e. The van der Waals surface area contributed by atoms with Crippen LogP contribution in [0.2, 0.25) is 0 Å². The molecule has 0 aromatic carbocycles. The molecule has 0 amide bonds. The molecule has 1 unspecified atom stereocenters. The number of hydrogen-bond acceptors (Lipinski definition) is 8. The second-order valence-electron chi connectivity index (χ2n) is 13.9. The van der Waals surface area contributed by atoms with Crippen molar-refractivity contribution in [3.05, 3.63) is 0 Å². The van der Waals surface area contributed by atoms with Crippen molar-refractivity contribution in [1.29, 1.82) is 0 Å². The van der Waals surface area contributed by atoms with E-state index in [9.17, 15) is 19.0 Å². The second-order valence-corrected chi connectivity index (χ2v) is 15.3. The molecule has 0 radical (unpaired) electrons. The van der Waals surface area contributed by atoms with Crippen LogP contribution < -0.4 is 5.73 Å². The van der Waals surface area contributed by atoms with Gasteiger partial charge in [0.05, 0.1) is 13.2 Å². The first-order valence-electron chi connectivity index (χ1n) is 20.5. The molecule has 0 aliphatic rings. The third-order valence-corrected chi connectivity index (χ3v) is 9.98. The molecule has 0 spiro atoms. The second kappa shape index (κ2) is 36.8. The Morgan fingerprint density at radius 2 is 0.878 bits per heavy atom. The summed E-state index contributed by atoms with van der Waals surface area (Å²) in [5.41, 5.74) is 5.33. The van der Waals surface area contributed by atoms with Crippen molar-refractivity contribution in [1.82, 2.24) is 0 Å². The van der Waals surface area contributed by atoms with Gasteiger partial charge < -0.3 is 20.1 Å². The van der Waals surface area contributed by atoms with Gasteiger partial charge in [0.1, 0.15) is 6.61 Å². The Kier molecular flexibility index (Phi) is 36.0. The Morgan fingerprint density at radius 3 is 1.24 bits per heavy atom. The molecule has 0 fully saturated rings. The van der Waals surface area contributed by atoms with E-state index in [1.165, 1.54) is 141 Å². The van der Waals surface area contributed by atoms with E-state index in [0.717, 1.165) is 32.1 Å². The number of nitrogens with two attached hydrogens (primary N) is 1. The molecule has 0 aliphatic carbocycles. The molecule has 0 saturated heterocycles. The van der Waals surface area contributed by atoms with Crippen molar-refractivity contribution in [3.63, 3.8) is 0 Å². The van der Waals surface area contributed by atoms with Gasteiger partial charge in [-0.3, -0.25) is 18.6 Å². The third kappa shape index (κ3) is 36.6. The minimum atomic E-state index is -4.36. The van der Waals surface area contributed by atoms with Crippen molar-refractivity contribution in [2.75, 3.05) is 26.4 Å². The van der Waals surface area contributed by atoms with Crippen LogP contribution in [0.1, 0.15) is 206 Å². The zero-order chi connectivity index (χ0) is 36.1. The summed E-state index contributed by atoms with van der Waals surface area (Å²) in [6, 6.07) is 0. The minimum absolute atomic E-state index is 0.0577. The van der Waals surface area contributed by atoms with Crippen LogP contribution in [0.3, 0.4) is 0 Å². The molecule has 2 atom stereocenters. The molecule has 49 heavy (non-hydrogen) atoms. The number of unbranched alkanes of at least 4 members (excludes halogenated alkanes) is 26. The van der Waals surface area contributed by atoms with Crippen LogP contribution >= 0.6 is 7.82 Å². The average Bonchev–Trinajstić information content (AvgIpc) is 3.08. The van der Waals surface area contributed by atoms with Gasteiger partial charge in [-0.2, -0.15) is 0 Å². The number of hydrogen-bond donors (Lipinski definition) is 2. The first-order valence-corrected chi connectivity index (χ1v) is 22.0. The summed E-state index contributed by atoms with van der Waals surface area (Å²) in [5.74, 6) is -0.819. The van der Waals surface area contributed by atoms with Crippen LogP contribution in [-0.2, 0) is 32.7 Å². The minimum Gasteiger partial charge on any atom is -0.462 e. The lowest BCUT2D eigenvalue weighted by Gasteiger charge is -2.19. The van der Waals surface area contributed by atoms with Gasteiger partial charge >= 0.3 is 19.8 Å². The van der Waals surface area contributed by atoms with Crippen LogP contribution in [0.15, 0.2) is 0 Å². The monoisotopic (exact) mass is 720 g/mol. The Bertz CT molecular complexity index is 784. The average molecular weight is 720 g/mol. The maximum Gasteiger partial charge on any atom is 0.472 e. The van der Waals surface area contributed by atoms with Crippen LogP contribution in [0.25, 0.3) is 0 Å². The normalized spacial score (nSPS) is 13.3. The van der Waals surface area contributed by atoms with Crippen molar-refractivity contribution in [2.45, 2.75) is 213 Å². The van der Waals surface area contributed by atoms with Crippen LogP contribution in [0.5, 0.6) is 0 Å². The third-order valence-electron chi connectivity index (χ3n) is 8.99. The van der Waals surface area contributed by atoms with Gasteiger partial charge in [-0.25, -0.2) is 4.57 Å². The predicted molar refractivity (Wildman–Crippen MR) is 201 cm³/mol. The highest BCUT2D eigenvalue weighted by Gasteiger charge is 2.26. The molecule has 10 heteroatoms. The number of esters is 2. The summed E-state index contributed by atoms with van der Waals surface area (Å²) in [6.45, 7) is 3.73. The molecule has 0 heterocycles. The van der Waals surface area contributed by atoms with E-state index in [0.29, 0.717) is 6.42 Å². The van der Waals surface area contributed by atoms with Crippen LogP contribution in [0, 0.1) is 0 Å². The van der Waals surface area contributed by atoms with Crippen LogP contribution in [-0.4, -0.2) is 49.3 Å². The van der Waals surface area contributed by atoms with E-state index in [1.807, 2.05) is 0 Å². The maximum atomic E-state index is 12.5. The summed E-state index contributed by atoms with van der Waals surface area (Å²) in [5, 5.41) is 0.